The summed E-state index contributed by atoms with van der Waals surface area (Å²) in [6, 6.07) is 77.5. The maximum atomic E-state index is 2.50. The van der Waals surface area contributed by atoms with E-state index in [1.807, 2.05) is 22.7 Å². The van der Waals surface area contributed by atoms with Gasteiger partial charge in [0, 0.05) is 46.9 Å². The zero-order valence-electron chi connectivity index (χ0n) is 31.0. The largest absolute Gasteiger partial charge is 0.308 e. The normalized spacial score (nSPS) is 11.5. The van der Waals surface area contributed by atoms with Gasteiger partial charge in [0.15, 0.2) is 0 Å². The maximum Gasteiger partial charge on any atom is 0.0640 e. The number of hydrogen-bond acceptors (Lipinski definition) is 3. The van der Waals surface area contributed by atoms with Crippen molar-refractivity contribution in [1.29, 1.82) is 0 Å². The van der Waals surface area contributed by atoms with E-state index in [0.717, 1.165) is 5.69 Å². The highest BCUT2D eigenvalue weighted by Gasteiger charge is 2.23. The lowest BCUT2D eigenvalue weighted by molar-refractivity contribution is 1.32. The zero-order valence-corrected chi connectivity index (χ0v) is 32.6. The Balaban J connectivity index is 1.12. The molecule has 0 aliphatic heterocycles. The standard InChI is InChI=1S/C54H35NS2/c1-4-14-36(15-5-1)38-26-28-39(29-27-38)40-30-32-43(33-31-40)55(48-22-13-25-51-52(48)45-20-10-11-24-50(45)56-51)49-23-12-21-44-47-35-42(37-16-6-2-7-17-37)34-46(53(47)57-54(44)49)41-18-8-3-9-19-41/h1-35H. The smallest absolute Gasteiger partial charge is 0.0640 e. The molecule has 11 rings (SSSR count). The monoisotopic (exact) mass is 761 g/mol. The van der Waals surface area contributed by atoms with E-state index in [-0.39, 0.29) is 0 Å². The number of rotatable bonds is 7. The van der Waals surface area contributed by atoms with Crippen molar-refractivity contribution in [2.45, 2.75) is 0 Å². The number of benzene rings is 9. The molecule has 11 aromatic rings. The van der Waals surface area contributed by atoms with E-state index in [4.69, 9.17) is 0 Å². The molecule has 0 spiro atoms. The summed E-state index contributed by atoms with van der Waals surface area (Å²) in [7, 11) is 0. The van der Waals surface area contributed by atoms with Crippen LogP contribution in [0.5, 0.6) is 0 Å². The Morgan fingerprint density at radius 3 is 1.49 bits per heavy atom. The molecular formula is C54H35NS2. The summed E-state index contributed by atoms with van der Waals surface area (Å²) in [5.74, 6) is 0. The molecule has 2 aromatic heterocycles. The Morgan fingerprint density at radius 1 is 0.298 bits per heavy atom. The van der Waals surface area contributed by atoms with E-state index >= 15 is 0 Å². The lowest BCUT2D eigenvalue weighted by Crippen LogP contribution is -2.10. The zero-order chi connectivity index (χ0) is 37.7. The van der Waals surface area contributed by atoms with Gasteiger partial charge in [-0.05, 0) is 87.5 Å². The van der Waals surface area contributed by atoms with Crippen LogP contribution in [0.15, 0.2) is 212 Å². The number of fused-ring (bicyclic) bond motifs is 6. The fraction of sp³-hybridized carbons (Fsp3) is 0. The van der Waals surface area contributed by atoms with Crippen molar-refractivity contribution in [3.8, 4) is 44.5 Å². The van der Waals surface area contributed by atoms with Gasteiger partial charge in [-0.3, -0.25) is 0 Å². The molecule has 0 saturated carbocycles. The first-order valence-corrected chi connectivity index (χ1v) is 21.0. The van der Waals surface area contributed by atoms with Gasteiger partial charge >= 0.3 is 0 Å². The molecule has 0 atom stereocenters. The molecule has 0 amide bonds. The first-order valence-electron chi connectivity index (χ1n) is 19.3. The molecule has 0 fully saturated rings. The molecule has 268 valence electrons. The second-order valence-corrected chi connectivity index (χ2v) is 16.6. The molecule has 0 unspecified atom stereocenters. The van der Waals surface area contributed by atoms with Crippen LogP contribution in [0.1, 0.15) is 0 Å². The lowest BCUT2D eigenvalue weighted by Gasteiger charge is -2.27. The Kier molecular flexibility index (Phi) is 8.28. The number of nitrogens with zero attached hydrogens (tertiary/aromatic N) is 1. The minimum absolute atomic E-state index is 1.13. The van der Waals surface area contributed by atoms with Crippen molar-refractivity contribution in [3.63, 3.8) is 0 Å². The van der Waals surface area contributed by atoms with Gasteiger partial charge in [0.25, 0.3) is 0 Å². The van der Waals surface area contributed by atoms with E-state index < -0.39 is 0 Å². The fourth-order valence-electron chi connectivity index (χ4n) is 8.33. The molecule has 0 aliphatic carbocycles. The molecule has 2 heterocycles. The SMILES string of the molecule is c1ccc(-c2ccc(-c3ccc(N(c4cccc5c4sc4c(-c6ccccc6)cc(-c6ccccc6)cc45)c4cccc5sc6ccccc6c45)cc3)cc2)cc1. The van der Waals surface area contributed by atoms with E-state index in [1.54, 1.807) is 0 Å². The van der Waals surface area contributed by atoms with Gasteiger partial charge in [0.2, 0.25) is 0 Å². The summed E-state index contributed by atoms with van der Waals surface area (Å²) in [5, 5.41) is 5.12. The van der Waals surface area contributed by atoms with Gasteiger partial charge < -0.3 is 4.90 Å². The van der Waals surface area contributed by atoms with Gasteiger partial charge in [0.05, 0.1) is 16.1 Å². The Labute approximate surface area is 340 Å². The summed E-state index contributed by atoms with van der Waals surface area (Å²) in [6.07, 6.45) is 0. The van der Waals surface area contributed by atoms with E-state index in [1.165, 1.54) is 96.2 Å². The van der Waals surface area contributed by atoms with Gasteiger partial charge in [-0.15, -0.1) is 22.7 Å². The highest BCUT2D eigenvalue weighted by molar-refractivity contribution is 7.27. The summed E-state index contributed by atoms with van der Waals surface area (Å²) < 4.78 is 5.16. The Hall–Kier alpha value is -6.78. The molecule has 3 heteroatoms. The number of anilines is 3. The summed E-state index contributed by atoms with van der Waals surface area (Å²) in [4.78, 5) is 2.50. The molecule has 57 heavy (non-hydrogen) atoms. The second kappa shape index (κ2) is 14.1. The van der Waals surface area contributed by atoms with Gasteiger partial charge in [-0.1, -0.05) is 164 Å². The van der Waals surface area contributed by atoms with Gasteiger partial charge in [-0.2, -0.15) is 0 Å². The minimum Gasteiger partial charge on any atom is -0.308 e. The first-order chi connectivity index (χ1) is 28.3. The van der Waals surface area contributed by atoms with Crippen molar-refractivity contribution < 1.29 is 0 Å². The number of thiophene rings is 2. The average Bonchev–Trinajstić information content (AvgIpc) is 3.87. The van der Waals surface area contributed by atoms with Crippen LogP contribution in [0.25, 0.3) is 84.9 Å². The molecule has 0 bridgehead atoms. The van der Waals surface area contributed by atoms with Crippen LogP contribution in [0.2, 0.25) is 0 Å². The van der Waals surface area contributed by atoms with Crippen LogP contribution < -0.4 is 4.90 Å². The van der Waals surface area contributed by atoms with Gasteiger partial charge in [-0.25, -0.2) is 0 Å². The van der Waals surface area contributed by atoms with Crippen molar-refractivity contribution in [2.24, 2.45) is 0 Å². The third kappa shape index (κ3) is 5.91. The maximum absolute atomic E-state index is 2.50. The summed E-state index contributed by atoms with van der Waals surface area (Å²) >= 11 is 3.77. The third-order valence-electron chi connectivity index (χ3n) is 11.1. The summed E-state index contributed by atoms with van der Waals surface area (Å²) in [6.45, 7) is 0. The number of hydrogen-bond donors (Lipinski definition) is 0. The molecule has 0 saturated heterocycles. The summed E-state index contributed by atoms with van der Waals surface area (Å²) in [5.41, 5.74) is 13.3. The van der Waals surface area contributed by atoms with Crippen LogP contribution in [-0.4, -0.2) is 0 Å². The molecule has 0 radical (unpaired) electrons. The van der Waals surface area contributed by atoms with E-state index in [0.29, 0.717) is 0 Å². The van der Waals surface area contributed by atoms with Crippen molar-refractivity contribution in [1.82, 2.24) is 0 Å². The fourth-order valence-corrected chi connectivity index (χ4v) is 10.8. The van der Waals surface area contributed by atoms with E-state index in [2.05, 4.69) is 217 Å². The minimum atomic E-state index is 1.13. The molecular weight excluding hydrogens is 727 g/mol. The van der Waals surface area contributed by atoms with Crippen LogP contribution in [0.4, 0.5) is 17.1 Å². The van der Waals surface area contributed by atoms with Crippen LogP contribution in [-0.2, 0) is 0 Å². The quantitative estimate of drug-likeness (QED) is 0.156. The predicted molar refractivity (Wildman–Crippen MR) is 249 cm³/mol. The first kappa shape index (κ1) is 33.5. The van der Waals surface area contributed by atoms with Crippen LogP contribution in [0.3, 0.4) is 0 Å². The topological polar surface area (TPSA) is 3.24 Å². The van der Waals surface area contributed by atoms with Crippen LogP contribution in [0, 0.1) is 0 Å². The molecule has 0 aliphatic rings. The highest BCUT2D eigenvalue weighted by atomic mass is 32.1. The molecule has 0 N–H and O–H groups in total. The third-order valence-corrected chi connectivity index (χ3v) is 13.5. The van der Waals surface area contributed by atoms with Crippen molar-refractivity contribution in [3.05, 3.63) is 212 Å². The van der Waals surface area contributed by atoms with Crippen LogP contribution >= 0.6 is 22.7 Å². The van der Waals surface area contributed by atoms with E-state index in [9.17, 15) is 0 Å². The lowest BCUT2D eigenvalue weighted by atomic mass is 9.96. The Bertz CT molecular complexity index is 3200. The van der Waals surface area contributed by atoms with Crippen molar-refractivity contribution >= 4 is 80.1 Å². The predicted octanol–water partition coefficient (Wildman–Crippen LogP) is 16.6. The second-order valence-electron chi connectivity index (χ2n) is 14.5. The Morgan fingerprint density at radius 2 is 0.807 bits per heavy atom. The highest BCUT2D eigenvalue weighted by Crippen LogP contribution is 2.51. The average molecular weight is 762 g/mol. The molecule has 9 aromatic carbocycles. The van der Waals surface area contributed by atoms with Crippen molar-refractivity contribution in [2.75, 3.05) is 4.90 Å². The van der Waals surface area contributed by atoms with Gasteiger partial charge in [0.1, 0.15) is 0 Å². The molecule has 1 nitrogen and oxygen atoms in total.